The second-order valence-electron chi connectivity index (χ2n) is 5.79. The van der Waals surface area contributed by atoms with E-state index in [0.717, 1.165) is 6.08 Å². The van der Waals surface area contributed by atoms with E-state index in [2.05, 4.69) is 6.58 Å². The topological polar surface area (TPSA) is 113 Å². The van der Waals surface area contributed by atoms with Crippen molar-refractivity contribution in [1.82, 2.24) is 0 Å². The SMILES string of the molecule is C=C1C(=O)O[C@@H]2/C=C(/CO)C3=CC(=O)[C@@](C)(O3)[C@H](O)[C@@H](O)[C@@H]12. The van der Waals surface area contributed by atoms with Crippen molar-refractivity contribution in [2.45, 2.75) is 30.8 Å². The molecule has 3 aliphatic rings. The normalized spacial score (nSPS) is 43.2. The molecule has 0 aliphatic carbocycles. The van der Waals surface area contributed by atoms with Crippen LogP contribution in [0.1, 0.15) is 6.92 Å². The largest absolute Gasteiger partial charge is 0.476 e. The molecule has 0 saturated carbocycles. The molecule has 0 aromatic rings. The van der Waals surface area contributed by atoms with E-state index in [9.17, 15) is 24.9 Å². The highest BCUT2D eigenvalue weighted by Gasteiger charge is 2.55. The van der Waals surface area contributed by atoms with Gasteiger partial charge in [-0.05, 0) is 13.0 Å². The van der Waals surface area contributed by atoms with Gasteiger partial charge < -0.3 is 24.8 Å². The second kappa shape index (κ2) is 4.77. The molecule has 0 aromatic heterocycles. The average molecular weight is 308 g/mol. The number of hydrogen-bond donors (Lipinski definition) is 3. The molecule has 7 nitrogen and oxygen atoms in total. The van der Waals surface area contributed by atoms with Crippen LogP contribution in [0, 0.1) is 5.92 Å². The van der Waals surface area contributed by atoms with E-state index in [1.165, 1.54) is 13.0 Å². The number of aliphatic hydroxyl groups excluding tert-OH is 3. The molecular weight excluding hydrogens is 292 g/mol. The maximum absolute atomic E-state index is 12.1. The third-order valence-corrected chi connectivity index (χ3v) is 4.44. The van der Waals surface area contributed by atoms with Gasteiger partial charge in [0.1, 0.15) is 18.0 Å². The van der Waals surface area contributed by atoms with Crippen LogP contribution in [0.5, 0.6) is 0 Å². The van der Waals surface area contributed by atoms with Crippen molar-refractivity contribution in [3.05, 3.63) is 35.6 Å². The summed E-state index contributed by atoms with van der Waals surface area (Å²) in [5.41, 5.74) is -1.44. The van der Waals surface area contributed by atoms with E-state index in [1.807, 2.05) is 0 Å². The van der Waals surface area contributed by atoms with Crippen molar-refractivity contribution >= 4 is 11.8 Å². The smallest absolute Gasteiger partial charge is 0.334 e. The molecule has 0 unspecified atom stereocenters. The fraction of sp³-hybridized carbons (Fsp3) is 0.467. The summed E-state index contributed by atoms with van der Waals surface area (Å²) in [4.78, 5) is 23.9. The molecule has 1 fully saturated rings. The van der Waals surface area contributed by atoms with Crippen molar-refractivity contribution in [3.8, 4) is 0 Å². The van der Waals surface area contributed by atoms with Gasteiger partial charge in [0.25, 0.3) is 0 Å². The first kappa shape index (κ1) is 15.0. The summed E-state index contributed by atoms with van der Waals surface area (Å²) in [5.74, 6) is -2.04. The molecule has 118 valence electrons. The van der Waals surface area contributed by atoms with Crippen molar-refractivity contribution in [3.63, 3.8) is 0 Å². The van der Waals surface area contributed by atoms with Crippen LogP contribution in [0.4, 0.5) is 0 Å². The molecule has 3 rings (SSSR count). The zero-order valence-corrected chi connectivity index (χ0v) is 11.9. The maximum Gasteiger partial charge on any atom is 0.334 e. The Balaban J connectivity index is 2.15. The molecule has 0 radical (unpaired) electrons. The maximum atomic E-state index is 12.1. The summed E-state index contributed by atoms with van der Waals surface area (Å²) in [6, 6.07) is 0. The van der Waals surface area contributed by atoms with E-state index in [1.54, 1.807) is 0 Å². The van der Waals surface area contributed by atoms with Gasteiger partial charge in [-0.25, -0.2) is 4.79 Å². The Morgan fingerprint density at radius 2 is 2.05 bits per heavy atom. The number of ether oxygens (including phenoxy) is 2. The lowest BCUT2D eigenvalue weighted by Gasteiger charge is -2.34. The Kier molecular flexibility index (Phi) is 3.24. The third-order valence-electron chi connectivity index (χ3n) is 4.44. The van der Waals surface area contributed by atoms with E-state index in [-0.39, 0.29) is 16.9 Å². The minimum atomic E-state index is -1.69. The first-order valence-electron chi connectivity index (χ1n) is 6.82. The molecular formula is C15H16O7. The number of aliphatic hydroxyl groups is 3. The molecule has 3 aliphatic heterocycles. The van der Waals surface area contributed by atoms with Crippen LogP contribution in [-0.2, 0) is 19.1 Å². The first-order valence-corrected chi connectivity index (χ1v) is 6.82. The molecule has 7 heteroatoms. The molecule has 5 atom stereocenters. The lowest BCUT2D eigenvalue weighted by atomic mass is 9.80. The van der Waals surface area contributed by atoms with Gasteiger partial charge >= 0.3 is 5.97 Å². The summed E-state index contributed by atoms with van der Waals surface area (Å²) in [6.45, 7) is 4.48. The minimum Gasteiger partial charge on any atom is -0.476 e. The van der Waals surface area contributed by atoms with Gasteiger partial charge in [-0.1, -0.05) is 6.58 Å². The Labute approximate surface area is 126 Å². The van der Waals surface area contributed by atoms with Gasteiger partial charge in [0.05, 0.1) is 18.6 Å². The summed E-state index contributed by atoms with van der Waals surface area (Å²) in [5, 5.41) is 30.3. The van der Waals surface area contributed by atoms with Crippen molar-refractivity contribution in [1.29, 1.82) is 0 Å². The first-order chi connectivity index (χ1) is 10.3. The Bertz CT molecular complexity index is 632. The van der Waals surface area contributed by atoms with Crippen LogP contribution in [0.3, 0.4) is 0 Å². The van der Waals surface area contributed by atoms with Crippen molar-refractivity contribution in [2.24, 2.45) is 5.92 Å². The summed E-state index contributed by atoms with van der Waals surface area (Å²) in [6.07, 6.45) is -1.40. The number of hydrogen-bond acceptors (Lipinski definition) is 7. The van der Waals surface area contributed by atoms with Crippen LogP contribution in [0.15, 0.2) is 35.6 Å². The summed E-state index contributed by atoms with van der Waals surface area (Å²) in [7, 11) is 0. The number of rotatable bonds is 1. The van der Waals surface area contributed by atoms with Gasteiger partial charge in [0.2, 0.25) is 5.78 Å². The fourth-order valence-corrected chi connectivity index (χ4v) is 3.01. The Morgan fingerprint density at radius 1 is 1.36 bits per heavy atom. The fourth-order valence-electron chi connectivity index (χ4n) is 3.01. The highest BCUT2D eigenvalue weighted by Crippen LogP contribution is 2.41. The number of carbonyl (C=O) groups excluding carboxylic acids is 2. The molecule has 2 bridgehead atoms. The van der Waals surface area contributed by atoms with Crippen molar-refractivity contribution in [2.75, 3.05) is 6.61 Å². The van der Waals surface area contributed by atoms with Gasteiger partial charge in [-0.15, -0.1) is 0 Å². The molecule has 0 amide bonds. The van der Waals surface area contributed by atoms with Crippen LogP contribution >= 0.6 is 0 Å². The van der Waals surface area contributed by atoms with E-state index < -0.39 is 48.2 Å². The molecule has 1 saturated heterocycles. The zero-order chi connectivity index (χ0) is 16.2. The number of ketones is 1. The summed E-state index contributed by atoms with van der Waals surface area (Å²) >= 11 is 0. The average Bonchev–Trinajstić information content (AvgIpc) is 2.93. The summed E-state index contributed by atoms with van der Waals surface area (Å²) < 4.78 is 10.6. The van der Waals surface area contributed by atoms with E-state index >= 15 is 0 Å². The van der Waals surface area contributed by atoms with Gasteiger partial charge in [-0.3, -0.25) is 4.79 Å². The molecule has 3 heterocycles. The number of esters is 1. The van der Waals surface area contributed by atoms with Crippen LogP contribution in [0.25, 0.3) is 0 Å². The molecule has 22 heavy (non-hydrogen) atoms. The lowest BCUT2D eigenvalue weighted by molar-refractivity contribution is -0.156. The van der Waals surface area contributed by atoms with Gasteiger partial charge in [0.15, 0.2) is 5.60 Å². The Morgan fingerprint density at radius 3 is 2.68 bits per heavy atom. The van der Waals surface area contributed by atoms with E-state index in [0.29, 0.717) is 0 Å². The number of carbonyl (C=O) groups is 2. The quantitative estimate of drug-likeness (QED) is 0.420. The minimum absolute atomic E-state index is 0.00731. The molecule has 3 N–H and O–H groups in total. The van der Waals surface area contributed by atoms with Gasteiger partial charge in [0, 0.05) is 17.2 Å². The second-order valence-corrected chi connectivity index (χ2v) is 5.79. The highest BCUT2D eigenvalue weighted by molar-refractivity contribution is 6.00. The predicted molar refractivity (Wildman–Crippen MR) is 72.3 cm³/mol. The van der Waals surface area contributed by atoms with Crippen LogP contribution in [0.2, 0.25) is 0 Å². The van der Waals surface area contributed by atoms with Gasteiger partial charge in [-0.2, -0.15) is 0 Å². The van der Waals surface area contributed by atoms with Crippen molar-refractivity contribution < 1.29 is 34.4 Å². The molecule has 0 aromatic carbocycles. The molecule has 0 spiro atoms. The highest BCUT2D eigenvalue weighted by atomic mass is 16.6. The Hall–Kier alpha value is -1.96. The monoisotopic (exact) mass is 308 g/mol. The standard InChI is InChI=1S/C15H16O7/c1-6-11-9(21-14(6)20)3-7(5-16)8-4-10(17)15(2,22-8)13(19)12(11)18/h3-4,9,11-13,16,18-19H,1,5H2,2H3/b7-3-/t9-,11+,12+,13-,15-/m1/s1. The predicted octanol–water partition coefficient (Wildman–Crippen LogP) is -1.02. The number of fused-ring (bicyclic) bond motifs is 3. The van der Waals surface area contributed by atoms with E-state index in [4.69, 9.17) is 9.47 Å². The third kappa shape index (κ3) is 1.86. The van der Waals surface area contributed by atoms with Crippen LogP contribution in [-0.4, -0.2) is 57.6 Å². The lowest BCUT2D eigenvalue weighted by Crippen LogP contribution is -2.54. The zero-order valence-electron chi connectivity index (χ0n) is 11.9. The van der Waals surface area contributed by atoms with Crippen LogP contribution < -0.4 is 0 Å².